The lowest BCUT2D eigenvalue weighted by atomic mass is 10.0. The van der Waals surface area contributed by atoms with Gasteiger partial charge >= 0.3 is 6.09 Å². The Hall–Kier alpha value is -2.70. The summed E-state index contributed by atoms with van der Waals surface area (Å²) in [4.78, 5) is 27.1. The number of hydrogen-bond acceptors (Lipinski definition) is 5. The molecule has 2 fully saturated rings. The topological polar surface area (TPSA) is 83.8 Å². The number of carbonyl (C=O) groups is 1. The Kier molecular flexibility index (Phi) is 5.40. The first-order chi connectivity index (χ1) is 14.5. The lowest BCUT2D eigenvalue weighted by Crippen LogP contribution is -2.42. The van der Waals surface area contributed by atoms with E-state index in [0.29, 0.717) is 5.92 Å². The van der Waals surface area contributed by atoms with Gasteiger partial charge in [-0.3, -0.25) is 4.79 Å². The second-order valence-electron chi connectivity index (χ2n) is 10.0. The van der Waals surface area contributed by atoms with Crippen molar-refractivity contribution in [2.24, 2.45) is 5.92 Å². The summed E-state index contributed by atoms with van der Waals surface area (Å²) in [5, 5.41) is 14.1. The Morgan fingerprint density at radius 3 is 2.61 bits per heavy atom. The van der Waals surface area contributed by atoms with Crippen LogP contribution in [0.15, 0.2) is 23.0 Å². The van der Waals surface area contributed by atoms with E-state index >= 15 is 0 Å². The van der Waals surface area contributed by atoms with Crippen LogP contribution >= 0.6 is 0 Å². The average molecular weight is 428 g/mol. The summed E-state index contributed by atoms with van der Waals surface area (Å²) in [6.45, 7) is 11.3. The van der Waals surface area contributed by atoms with Gasteiger partial charge in [0.1, 0.15) is 11.4 Å². The van der Waals surface area contributed by atoms with Gasteiger partial charge in [0, 0.05) is 42.3 Å². The smallest absolute Gasteiger partial charge is 0.407 e. The Bertz CT molecular complexity index is 1070. The van der Waals surface area contributed by atoms with Crippen molar-refractivity contribution in [1.29, 1.82) is 0 Å². The van der Waals surface area contributed by atoms with E-state index in [9.17, 15) is 14.7 Å². The molecule has 2 aliphatic rings. The molecular formula is C24H33N3O4. The molecule has 2 aromatic rings. The minimum Gasteiger partial charge on any atom is -0.507 e. The van der Waals surface area contributed by atoms with Crippen LogP contribution in [0.3, 0.4) is 0 Å². The second-order valence-corrected chi connectivity index (χ2v) is 10.0. The van der Waals surface area contributed by atoms with Crippen molar-refractivity contribution in [3.05, 3.63) is 34.1 Å². The number of rotatable bonds is 4. The van der Waals surface area contributed by atoms with Gasteiger partial charge in [-0.2, -0.15) is 0 Å². The Morgan fingerprint density at radius 2 is 1.97 bits per heavy atom. The molecule has 2 atom stereocenters. The number of carbonyl (C=O) groups excluding carboxylic acids is 1. The maximum Gasteiger partial charge on any atom is 0.407 e. The molecule has 1 aromatic carbocycles. The standard InChI is InChI=1S/C24H33N3O4/c1-14-19(9-8-18-20(28)12-21(29)27(22(14)18)17-6-7-17)26-11-10-16(13-26)15(2)25-23(30)31-24(3,4)5/h8-9,12,15-17,28H,6-7,10-11,13H2,1-5H3,(H,25,30)/t15-,16+/m0/s1. The molecule has 1 saturated carbocycles. The number of ether oxygens (including phenoxy) is 1. The van der Waals surface area contributed by atoms with Crippen LogP contribution in [-0.4, -0.2) is 40.5 Å². The van der Waals surface area contributed by atoms with Gasteiger partial charge in [-0.15, -0.1) is 0 Å². The number of alkyl carbamates (subject to hydrolysis) is 1. The third-order valence-electron chi connectivity index (χ3n) is 6.35. The normalized spacial score (nSPS) is 20.2. The lowest BCUT2D eigenvalue weighted by molar-refractivity contribution is 0.0494. The van der Waals surface area contributed by atoms with E-state index in [-0.39, 0.29) is 29.5 Å². The highest BCUT2D eigenvalue weighted by atomic mass is 16.6. The molecule has 0 radical (unpaired) electrons. The third-order valence-corrected chi connectivity index (χ3v) is 6.35. The Labute approximate surface area is 183 Å². The summed E-state index contributed by atoms with van der Waals surface area (Å²) < 4.78 is 7.25. The van der Waals surface area contributed by atoms with E-state index in [1.165, 1.54) is 6.07 Å². The number of nitrogens with zero attached hydrogens (tertiary/aromatic N) is 2. The van der Waals surface area contributed by atoms with Crippen LogP contribution in [0, 0.1) is 12.8 Å². The second kappa shape index (κ2) is 7.77. The predicted octanol–water partition coefficient (Wildman–Crippen LogP) is 4.09. The van der Waals surface area contributed by atoms with Crippen molar-refractivity contribution in [2.75, 3.05) is 18.0 Å². The number of aromatic hydroxyl groups is 1. The molecule has 7 heteroatoms. The number of anilines is 1. The first-order valence-corrected chi connectivity index (χ1v) is 11.2. The van der Waals surface area contributed by atoms with E-state index in [4.69, 9.17) is 4.74 Å². The molecule has 1 aliphatic heterocycles. The highest BCUT2D eigenvalue weighted by Crippen LogP contribution is 2.40. The average Bonchev–Trinajstić information content (AvgIpc) is 3.36. The monoisotopic (exact) mass is 427 g/mol. The van der Waals surface area contributed by atoms with Crippen LogP contribution in [0.2, 0.25) is 0 Å². The van der Waals surface area contributed by atoms with Crippen molar-refractivity contribution in [1.82, 2.24) is 9.88 Å². The number of benzene rings is 1. The molecule has 31 heavy (non-hydrogen) atoms. The zero-order chi connectivity index (χ0) is 22.5. The predicted molar refractivity (Wildman–Crippen MR) is 122 cm³/mol. The number of aromatic nitrogens is 1. The van der Waals surface area contributed by atoms with E-state index in [1.54, 1.807) is 0 Å². The number of fused-ring (bicyclic) bond motifs is 1. The molecule has 1 saturated heterocycles. The Balaban J connectivity index is 1.56. The maximum atomic E-state index is 12.6. The first kappa shape index (κ1) is 21.5. The van der Waals surface area contributed by atoms with Crippen LogP contribution in [0.1, 0.15) is 58.6 Å². The van der Waals surface area contributed by atoms with E-state index < -0.39 is 5.60 Å². The highest BCUT2D eigenvalue weighted by molar-refractivity contribution is 5.91. The van der Waals surface area contributed by atoms with Gasteiger partial charge < -0.3 is 24.6 Å². The van der Waals surface area contributed by atoms with Gasteiger partial charge in [0.2, 0.25) is 0 Å². The van der Waals surface area contributed by atoms with Crippen molar-refractivity contribution < 1.29 is 14.6 Å². The SMILES string of the molecule is Cc1c(N2CC[C@@H]([C@H](C)NC(=O)OC(C)(C)C)C2)ccc2c(O)cc(=O)n(C3CC3)c12. The van der Waals surface area contributed by atoms with E-state index in [0.717, 1.165) is 54.5 Å². The van der Waals surface area contributed by atoms with Crippen LogP contribution in [0.25, 0.3) is 10.9 Å². The van der Waals surface area contributed by atoms with E-state index in [2.05, 4.69) is 10.2 Å². The zero-order valence-corrected chi connectivity index (χ0v) is 19.1. The molecule has 1 aliphatic carbocycles. The van der Waals surface area contributed by atoms with Crippen molar-refractivity contribution >= 4 is 22.7 Å². The maximum absolute atomic E-state index is 12.6. The molecule has 7 nitrogen and oxygen atoms in total. The van der Waals surface area contributed by atoms with Crippen molar-refractivity contribution in [2.45, 2.75) is 71.6 Å². The molecule has 4 rings (SSSR count). The lowest BCUT2D eigenvalue weighted by Gasteiger charge is -2.26. The summed E-state index contributed by atoms with van der Waals surface area (Å²) in [5.41, 5.74) is 2.29. The largest absolute Gasteiger partial charge is 0.507 e. The molecule has 0 unspecified atom stereocenters. The summed E-state index contributed by atoms with van der Waals surface area (Å²) in [5.74, 6) is 0.346. The fraction of sp³-hybridized carbons (Fsp3) is 0.583. The van der Waals surface area contributed by atoms with Gasteiger partial charge in [0.05, 0.1) is 5.52 Å². The summed E-state index contributed by atoms with van der Waals surface area (Å²) in [7, 11) is 0. The molecule has 168 valence electrons. The number of nitrogens with one attached hydrogen (secondary N) is 1. The highest BCUT2D eigenvalue weighted by Gasteiger charge is 2.32. The van der Waals surface area contributed by atoms with Crippen molar-refractivity contribution in [3.8, 4) is 5.75 Å². The van der Waals surface area contributed by atoms with Crippen LogP contribution in [-0.2, 0) is 4.74 Å². The Morgan fingerprint density at radius 1 is 1.26 bits per heavy atom. The number of hydrogen-bond donors (Lipinski definition) is 2. The molecule has 2 N–H and O–H groups in total. The zero-order valence-electron chi connectivity index (χ0n) is 19.1. The van der Waals surface area contributed by atoms with Gasteiger partial charge in [-0.05, 0) is 77.5 Å². The summed E-state index contributed by atoms with van der Waals surface area (Å²) in [6, 6.07) is 5.51. The third kappa shape index (κ3) is 4.36. The molecule has 1 amide bonds. The van der Waals surface area contributed by atoms with Crippen LogP contribution in [0.5, 0.6) is 5.75 Å². The minimum atomic E-state index is -0.517. The van der Waals surface area contributed by atoms with Gasteiger partial charge in [-0.1, -0.05) is 0 Å². The number of pyridine rings is 1. The molecule has 2 heterocycles. The van der Waals surface area contributed by atoms with Gasteiger partial charge in [0.25, 0.3) is 5.56 Å². The first-order valence-electron chi connectivity index (χ1n) is 11.2. The fourth-order valence-corrected chi connectivity index (χ4v) is 4.64. The summed E-state index contributed by atoms with van der Waals surface area (Å²) >= 11 is 0. The molecule has 0 spiro atoms. The van der Waals surface area contributed by atoms with Crippen LogP contribution in [0.4, 0.5) is 10.5 Å². The number of amides is 1. The number of aryl methyl sites for hydroxylation is 1. The molecule has 0 bridgehead atoms. The quantitative estimate of drug-likeness (QED) is 0.768. The minimum absolute atomic E-state index is 0.00528. The van der Waals surface area contributed by atoms with E-state index in [1.807, 2.05) is 51.3 Å². The van der Waals surface area contributed by atoms with Crippen LogP contribution < -0.4 is 15.8 Å². The fourth-order valence-electron chi connectivity index (χ4n) is 4.64. The summed E-state index contributed by atoms with van der Waals surface area (Å²) in [6.07, 6.45) is 2.58. The molecular weight excluding hydrogens is 394 g/mol. The van der Waals surface area contributed by atoms with Gasteiger partial charge in [-0.25, -0.2) is 4.79 Å². The van der Waals surface area contributed by atoms with Gasteiger partial charge in [0.15, 0.2) is 0 Å². The molecule has 1 aromatic heterocycles. The van der Waals surface area contributed by atoms with Crippen molar-refractivity contribution in [3.63, 3.8) is 0 Å².